The predicted octanol–water partition coefficient (Wildman–Crippen LogP) is 4.32. The number of aryl methyl sites for hydroxylation is 3. The summed E-state index contributed by atoms with van der Waals surface area (Å²) in [6.45, 7) is 7.88. The van der Waals surface area contributed by atoms with E-state index in [0.29, 0.717) is 11.4 Å². The number of benzene rings is 2. The molecule has 0 aliphatic carbocycles. The summed E-state index contributed by atoms with van der Waals surface area (Å²) in [6.07, 6.45) is 1.84. The van der Waals surface area contributed by atoms with Crippen LogP contribution in [0.3, 0.4) is 0 Å². The molecule has 0 saturated carbocycles. The van der Waals surface area contributed by atoms with Crippen molar-refractivity contribution >= 4 is 17.8 Å². The molecular weight excluding hydrogens is 408 g/mol. The number of ether oxygens (including phenoxy) is 1. The van der Waals surface area contributed by atoms with E-state index in [0.717, 1.165) is 28.1 Å². The van der Waals surface area contributed by atoms with Crippen LogP contribution in [0.5, 0.6) is 5.75 Å². The van der Waals surface area contributed by atoms with Gasteiger partial charge in [0.15, 0.2) is 0 Å². The Hall–Kier alpha value is -3.94. The summed E-state index contributed by atoms with van der Waals surface area (Å²) in [5.41, 5.74) is 9.07. The summed E-state index contributed by atoms with van der Waals surface area (Å²) < 4.78 is 7.31. The maximum Gasteiger partial charge on any atom is 0.273 e. The van der Waals surface area contributed by atoms with Crippen molar-refractivity contribution in [2.24, 2.45) is 5.10 Å². The van der Waals surface area contributed by atoms with Crippen LogP contribution in [0, 0.1) is 37.8 Å². The number of nitro groups is 1. The van der Waals surface area contributed by atoms with Gasteiger partial charge in [-0.25, -0.2) is 5.43 Å². The van der Waals surface area contributed by atoms with Gasteiger partial charge in [0.05, 0.1) is 36.4 Å². The topological polar surface area (TPSA) is 98.8 Å². The van der Waals surface area contributed by atoms with E-state index in [1.807, 2.05) is 56.5 Å². The van der Waals surface area contributed by atoms with Crippen molar-refractivity contribution in [3.8, 4) is 11.4 Å². The first-order valence-corrected chi connectivity index (χ1v) is 10.1. The van der Waals surface area contributed by atoms with Crippen LogP contribution in [-0.4, -0.2) is 28.7 Å². The lowest BCUT2D eigenvalue weighted by molar-refractivity contribution is -0.384. The van der Waals surface area contributed by atoms with Gasteiger partial charge in [-0.15, -0.1) is 0 Å². The van der Waals surface area contributed by atoms with E-state index in [-0.39, 0.29) is 18.0 Å². The third-order valence-electron chi connectivity index (χ3n) is 5.41. The molecule has 0 spiro atoms. The van der Waals surface area contributed by atoms with Crippen LogP contribution in [-0.2, 0) is 11.2 Å². The summed E-state index contributed by atoms with van der Waals surface area (Å²) in [4.78, 5) is 22.9. The van der Waals surface area contributed by atoms with Crippen molar-refractivity contribution < 1.29 is 14.5 Å². The fourth-order valence-electron chi connectivity index (χ4n) is 3.57. The van der Waals surface area contributed by atoms with E-state index in [1.165, 1.54) is 24.8 Å². The molecule has 32 heavy (non-hydrogen) atoms. The second kappa shape index (κ2) is 9.47. The number of hydrogen-bond acceptors (Lipinski definition) is 5. The molecule has 2 aromatic carbocycles. The number of hydrogen-bond donors (Lipinski definition) is 1. The minimum atomic E-state index is -0.458. The summed E-state index contributed by atoms with van der Waals surface area (Å²) >= 11 is 0. The van der Waals surface area contributed by atoms with Crippen molar-refractivity contribution in [3.63, 3.8) is 0 Å². The van der Waals surface area contributed by atoms with E-state index in [9.17, 15) is 14.9 Å². The zero-order valence-electron chi connectivity index (χ0n) is 18.8. The average Bonchev–Trinajstić information content (AvgIpc) is 3.03. The third kappa shape index (κ3) is 4.85. The second-order valence-electron chi connectivity index (χ2n) is 7.66. The molecule has 1 heterocycles. The number of nitro benzene ring substituents is 1. The van der Waals surface area contributed by atoms with Crippen LogP contribution < -0.4 is 10.2 Å². The van der Waals surface area contributed by atoms with Crippen LogP contribution in [0.25, 0.3) is 5.69 Å². The highest BCUT2D eigenvalue weighted by Crippen LogP contribution is 2.31. The summed E-state index contributed by atoms with van der Waals surface area (Å²) in [7, 11) is 1.48. The molecule has 0 aliphatic rings. The number of hydrazone groups is 1. The van der Waals surface area contributed by atoms with E-state index < -0.39 is 4.92 Å². The lowest BCUT2D eigenvalue weighted by Gasteiger charge is -2.13. The molecular formula is C24H26N4O4. The van der Waals surface area contributed by atoms with Crippen LogP contribution in [0.4, 0.5) is 5.69 Å². The van der Waals surface area contributed by atoms with Gasteiger partial charge < -0.3 is 9.30 Å². The van der Waals surface area contributed by atoms with Crippen LogP contribution in [0.1, 0.15) is 33.6 Å². The summed E-state index contributed by atoms with van der Waals surface area (Å²) in [5, 5.41) is 15.2. The first-order valence-electron chi connectivity index (χ1n) is 10.1. The zero-order valence-corrected chi connectivity index (χ0v) is 18.8. The van der Waals surface area contributed by atoms with Gasteiger partial charge in [-0.2, -0.15) is 5.10 Å². The maximum atomic E-state index is 12.2. The number of non-ortho nitro benzene ring substituents is 1. The summed E-state index contributed by atoms with van der Waals surface area (Å²) in [6, 6.07) is 12.4. The lowest BCUT2D eigenvalue weighted by Crippen LogP contribution is -2.19. The maximum absolute atomic E-state index is 12.2. The van der Waals surface area contributed by atoms with Gasteiger partial charge >= 0.3 is 0 Å². The first kappa shape index (κ1) is 22.7. The molecule has 166 valence electrons. The Labute approximate surface area is 186 Å². The van der Waals surface area contributed by atoms with E-state index in [2.05, 4.69) is 10.5 Å². The standard InChI is InChI=1S/C24H26N4O4/c1-15-6-7-19(10-16(15)2)12-24(29)26-25-14-20-11-17(3)27(18(20)4)22-9-8-21(28(30)31)13-23(22)32-5/h6-11,13-14H,12H2,1-5H3,(H,26,29)/b25-14-. The Morgan fingerprint density at radius 1 is 1.12 bits per heavy atom. The first-order chi connectivity index (χ1) is 15.2. The van der Waals surface area contributed by atoms with Crippen LogP contribution in [0.2, 0.25) is 0 Å². The van der Waals surface area contributed by atoms with Crippen LogP contribution in [0.15, 0.2) is 47.6 Å². The third-order valence-corrected chi connectivity index (χ3v) is 5.41. The Morgan fingerprint density at radius 2 is 1.88 bits per heavy atom. The molecule has 0 fully saturated rings. The quantitative estimate of drug-likeness (QED) is 0.340. The number of carbonyl (C=O) groups is 1. The molecule has 0 unspecified atom stereocenters. The molecule has 1 aromatic heterocycles. The van der Waals surface area contributed by atoms with Gasteiger partial charge in [0.2, 0.25) is 5.91 Å². The smallest absolute Gasteiger partial charge is 0.273 e. The van der Waals surface area contributed by atoms with Gasteiger partial charge in [0, 0.05) is 23.0 Å². The number of rotatable bonds is 7. The molecule has 3 rings (SSSR count). The highest BCUT2D eigenvalue weighted by atomic mass is 16.6. The number of aromatic nitrogens is 1. The Balaban J connectivity index is 1.77. The van der Waals surface area contributed by atoms with Crippen molar-refractivity contribution in [1.82, 2.24) is 9.99 Å². The van der Waals surface area contributed by atoms with E-state index >= 15 is 0 Å². The van der Waals surface area contributed by atoms with E-state index in [1.54, 1.807) is 12.3 Å². The molecule has 8 nitrogen and oxygen atoms in total. The average molecular weight is 434 g/mol. The fraction of sp³-hybridized carbons (Fsp3) is 0.250. The molecule has 0 atom stereocenters. The Kier molecular flexibility index (Phi) is 6.73. The minimum absolute atomic E-state index is 0.0404. The van der Waals surface area contributed by atoms with Crippen molar-refractivity contribution in [3.05, 3.63) is 86.2 Å². The normalized spacial score (nSPS) is 11.0. The summed E-state index contributed by atoms with van der Waals surface area (Å²) in [5.74, 6) is 0.196. The van der Waals surface area contributed by atoms with Gasteiger partial charge in [-0.05, 0) is 56.5 Å². The Morgan fingerprint density at radius 3 is 2.53 bits per heavy atom. The molecule has 0 bridgehead atoms. The SMILES string of the molecule is COc1cc([N+](=O)[O-])ccc1-n1c(C)cc(/C=N\NC(=O)Cc2ccc(C)c(C)c2)c1C. The molecule has 3 aromatic rings. The molecule has 0 radical (unpaired) electrons. The minimum Gasteiger partial charge on any atom is -0.494 e. The van der Waals surface area contributed by atoms with Crippen molar-refractivity contribution in [1.29, 1.82) is 0 Å². The monoisotopic (exact) mass is 434 g/mol. The Bertz CT molecular complexity index is 1210. The number of nitrogens with zero attached hydrogens (tertiary/aromatic N) is 3. The van der Waals surface area contributed by atoms with Gasteiger partial charge in [0.25, 0.3) is 5.69 Å². The molecule has 0 saturated heterocycles. The second-order valence-corrected chi connectivity index (χ2v) is 7.66. The zero-order chi connectivity index (χ0) is 23.4. The fourth-order valence-corrected chi connectivity index (χ4v) is 3.57. The highest BCUT2D eigenvalue weighted by molar-refractivity contribution is 5.85. The molecule has 1 N–H and O–H groups in total. The largest absolute Gasteiger partial charge is 0.494 e. The number of carbonyl (C=O) groups excluding carboxylic acids is 1. The predicted molar refractivity (Wildman–Crippen MR) is 124 cm³/mol. The van der Waals surface area contributed by atoms with Crippen molar-refractivity contribution in [2.45, 2.75) is 34.1 Å². The number of nitrogens with one attached hydrogen (secondary N) is 1. The molecule has 1 amide bonds. The van der Waals surface area contributed by atoms with Crippen LogP contribution >= 0.6 is 0 Å². The van der Waals surface area contributed by atoms with Gasteiger partial charge in [0.1, 0.15) is 5.75 Å². The highest BCUT2D eigenvalue weighted by Gasteiger charge is 2.17. The lowest BCUT2D eigenvalue weighted by atomic mass is 10.0. The molecule has 8 heteroatoms. The van der Waals surface area contributed by atoms with E-state index in [4.69, 9.17) is 4.74 Å². The van der Waals surface area contributed by atoms with Crippen molar-refractivity contribution in [2.75, 3.05) is 7.11 Å². The number of methoxy groups -OCH3 is 1. The number of amides is 1. The van der Waals surface area contributed by atoms with Gasteiger partial charge in [-0.1, -0.05) is 18.2 Å². The molecule has 0 aliphatic heterocycles. The van der Waals surface area contributed by atoms with Gasteiger partial charge in [-0.3, -0.25) is 14.9 Å².